The molecule has 150 valence electrons. The van der Waals surface area contributed by atoms with Gasteiger partial charge in [0, 0.05) is 6.04 Å². The summed E-state index contributed by atoms with van der Waals surface area (Å²) in [6.07, 6.45) is 9.06. The van der Waals surface area contributed by atoms with Crippen LogP contribution in [0.25, 0.3) is 0 Å². The van der Waals surface area contributed by atoms with Gasteiger partial charge in [-0.05, 0) is 50.0 Å². The van der Waals surface area contributed by atoms with Gasteiger partial charge in [-0.25, -0.2) is 0 Å². The Morgan fingerprint density at radius 3 is 2.27 bits per heavy atom. The molecule has 4 nitrogen and oxygen atoms in total. The fourth-order valence-corrected chi connectivity index (χ4v) is 3.47. The van der Waals surface area contributed by atoms with Crippen LogP contribution in [0, 0.1) is 10.1 Å². The van der Waals surface area contributed by atoms with Crippen molar-refractivity contribution >= 4 is 11.8 Å². The summed E-state index contributed by atoms with van der Waals surface area (Å²) < 4.78 is 38.8. The number of hydrogen-bond acceptors (Lipinski definition) is 4. The Morgan fingerprint density at radius 1 is 1.15 bits per heavy atom. The molecule has 0 amide bonds. The maximum Gasteiger partial charge on any atom is 0.422 e. The van der Waals surface area contributed by atoms with Gasteiger partial charge in [-0.2, -0.15) is 24.9 Å². The van der Waals surface area contributed by atoms with Gasteiger partial charge >= 0.3 is 6.18 Å². The van der Waals surface area contributed by atoms with Crippen LogP contribution in [0.3, 0.4) is 0 Å². The highest BCUT2D eigenvalue weighted by Crippen LogP contribution is 2.34. The smallest absolute Gasteiger partial charge is 0.310 e. The van der Waals surface area contributed by atoms with Gasteiger partial charge in [0.15, 0.2) is 0 Å². The largest absolute Gasteiger partial charge is 0.422 e. The Kier molecular flexibility index (Phi) is 11.0. The highest BCUT2D eigenvalue weighted by Gasteiger charge is 2.43. The van der Waals surface area contributed by atoms with Crippen molar-refractivity contribution in [1.29, 1.82) is 0 Å². The summed E-state index contributed by atoms with van der Waals surface area (Å²) in [4.78, 5) is 9.79. The molecule has 0 aliphatic heterocycles. The Morgan fingerprint density at radius 2 is 1.73 bits per heavy atom. The van der Waals surface area contributed by atoms with Crippen molar-refractivity contribution in [3.05, 3.63) is 33.5 Å². The summed E-state index contributed by atoms with van der Waals surface area (Å²) in [6, 6.07) is -0.494. The molecule has 0 heterocycles. The van der Waals surface area contributed by atoms with Crippen molar-refractivity contribution in [3.63, 3.8) is 0 Å². The number of thioether (sulfide) groups is 1. The minimum Gasteiger partial charge on any atom is -0.310 e. The highest BCUT2D eigenvalue weighted by molar-refractivity contribution is 7.98. The molecule has 0 aromatic carbocycles. The van der Waals surface area contributed by atoms with Crippen LogP contribution >= 0.6 is 11.8 Å². The van der Waals surface area contributed by atoms with Crippen LogP contribution in [0.15, 0.2) is 23.4 Å². The van der Waals surface area contributed by atoms with Crippen LogP contribution < -0.4 is 5.32 Å². The molecular formula is C18H29F3N2O2S. The van der Waals surface area contributed by atoms with Crippen molar-refractivity contribution < 1.29 is 18.1 Å². The molecule has 1 rings (SSSR count). The summed E-state index contributed by atoms with van der Waals surface area (Å²) in [7, 11) is 0. The van der Waals surface area contributed by atoms with Crippen LogP contribution in [-0.2, 0) is 0 Å². The van der Waals surface area contributed by atoms with Gasteiger partial charge in [-0.15, -0.1) is 0 Å². The first-order valence-electron chi connectivity index (χ1n) is 9.22. The van der Waals surface area contributed by atoms with Crippen molar-refractivity contribution in [1.82, 2.24) is 5.32 Å². The lowest BCUT2D eigenvalue weighted by Gasteiger charge is -2.20. The topological polar surface area (TPSA) is 55.2 Å². The molecule has 8 heteroatoms. The lowest BCUT2D eigenvalue weighted by atomic mass is 9.99. The monoisotopic (exact) mass is 394 g/mol. The Bertz CT molecular complexity index is 493. The average Bonchev–Trinajstić information content (AvgIpc) is 2.58. The van der Waals surface area contributed by atoms with Crippen LogP contribution in [0.4, 0.5) is 13.2 Å². The standard InChI is InChI=1S/C18H29F3N2O2S/c1-26-13-9-7-5-3-2-4-6-8-12-22-15-10-11-17(23(24)25)16(14-15)18(19,20)21/h11,14-15,22H,2-10,12-13H2,1H3. The summed E-state index contributed by atoms with van der Waals surface area (Å²) in [5, 5.41) is 13.8. The number of nitrogens with zero attached hydrogens (tertiary/aromatic N) is 1. The predicted octanol–water partition coefficient (Wildman–Crippen LogP) is 5.48. The van der Waals surface area contributed by atoms with E-state index in [9.17, 15) is 23.3 Å². The average molecular weight is 395 g/mol. The van der Waals surface area contributed by atoms with E-state index in [1.165, 1.54) is 37.9 Å². The van der Waals surface area contributed by atoms with Gasteiger partial charge in [-0.3, -0.25) is 10.1 Å². The van der Waals surface area contributed by atoms with Crippen molar-refractivity contribution in [3.8, 4) is 0 Å². The molecule has 0 saturated carbocycles. The third-order valence-electron chi connectivity index (χ3n) is 4.39. The van der Waals surface area contributed by atoms with Crippen molar-refractivity contribution in [2.45, 2.75) is 70.0 Å². The molecule has 1 N–H and O–H groups in total. The number of nitrogens with one attached hydrogen (secondary N) is 1. The Balaban J connectivity index is 2.18. The van der Waals surface area contributed by atoms with Crippen LogP contribution in [0.1, 0.15) is 57.8 Å². The summed E-state index contributed by atoms with van der Waals surface area (Å²) in [6.45, 7) is 0.627. The second-order valence-corrected chi connectivity index (χ2v) is 7.53. The van der Waals surface area contributed by atoms with Crippen LogP contribution in [-0.4, -0.2) is 35.7 Å². The number of alkyl halides is 3. The molecule has 0 fully saturated rings. The minimum absolute atomic E-state index is 0.214. The molecule has 1 aliphatic rings. The molecule has 0 aromatic heterocycles. The summed E-state index contributed by atoms with van der Waals surface area (Å²) in [5.74, 6) is 1.23. The Hall–Kier alpha value is -1.02. The van der Waals surface area contributed by atoms with Gasteiger partial charge in [-0.1, -0.05) is 38.5 Å². The molecule has 1 atom stereocenters. The van der Waals surface area contributed by atoms with E-state index < -0.39 is 28.4 Å². The quantitative estimate of drug-likeness (QED) is 0.255. The van der Waals surface area contributed by atoms with Gasteiger partial charge in [0.2, 0.25) is 0 Å². The first-order valence-corrected chi connectivity index (χ1v) is 10.6. The SMILES string of the molecule is CSCCCCCCCCCCNC1C=C(C(F)(F)F)C([N+](=O)[O-])=CC1. The van der Waals surface area contributed by atoms with Gasteiger partial charge < -0.3 is 5.32 Å². The van der Waals surface area contributed by atoms with Crippen LogP contribution in [0.2, 0.25) is 0 Å². The molecule has 1 unspecified atom stereocenters. The third-order valence-corrected chi connectivity index (χ3v) is 5.09. The van der Waals surface area contributed by atoms with Gasteiger partial charge in [0.05, 0.1) is 4.92 Å². The van der Waals surface area contributed by atoms with E-state index in [2.05, 4.69) is 11.6 Å². The van der Waals surface area contributed by atoms with E-state index in [4.69, 9.17) is 0 Å². The zero-order chi connectivity index (χ0) is 19.4. The van der Waals surface area contributed by atoms with Crippen molar-refractivity contribution in [2.24, 2.45) is 0 Å². The second kappa shape index (κ2) is 12.4. The lowest BCUT2D eigenvalue weighted by Crippen LogP contribution is -2.33. The number of allylic oxidation sites excluding steroid dienone is 1. The van der Waals surface area contributed by atoms with Gasteiger partial charge in [0.25, 0.3) is 5.70 Å². The van der Waals surface area contributed by atoms with E-state index in [1.807, 2.05) is 11.8 Å². The second-order valence-electron chi connectivity index (χ2n) is 6.54. The maximum atomic E-state index is 12.9. The third kappa shape index (κ3) is 9.07. The van der Waals surface area contributed by atoms with E-state index in [0.717, 1.165) is 31.4 Å². The molecule has 0 radical (unpaired) electrons. The maximum absolute atomic E-state index is 12.9. The molecule has 0 spiro atoms. The first kappa shape index (κ1) is 23.0. The summed E-state index contributed by atoms with van der Waals surface area (Å²) >= 11 is 1.88. The fourth-order valence-electron chi connectivity index (χ4n) is 2.98. The number of hydrogen-bond donors (Lipinski definition) is 1. The van der Waals surface area contributed by atoms with Gasteiger partial charge in [0.1, 0.15) is 5.57 Å². The normalized spacial score (nSPS) is 17.8. The van der Waals surface area contributed by atoms with Crippen molar-refractivity contribution in [2.75, 3.05) is 18.6 Å². The van der Waals surface area contributed by atoms with E-state index >= 15 is 0 Å². The first-order chi connectivity index (χ1) is 12.4. The molecular weight excluding hydrogens is 365 g/mol. The van der Waals surface area contributed by atoms with E-state index in [0.29, 0.717) is 6.54 Å². The van der Waals surface area contributed by atoms with E-state index in [-0.39, 0.29) is 6.42 Å². The molecule has 0 bridgehead atoms. The Labute approximate surface area is 157 Å². The lowest BCUT2D eigenvalue weighted by molar-refractivity contribution is -0.424. The molecule has 0 saturated heterocycles. The summed E-state index contributed by atoms with van der Waals surface area (Å²) in [5.41, 5.74) is -1.99. The number of nitro groups is 1. The zero-order valence-corrected chi connectivity index (χ0v) is 16.1. The highest BCUT2D eigenvalue weighted by atomic mass is 32.2. The van der Waals surface area contributed by atoms with Crippen LogP contribution in [0.5, 0.6) is 0 Å². The molecule has 0 aromatic rings. The minimum atomic E-state index is -4.70. The number of rotatable bonds is 13. The number of halogens is 3. The fraction of sp³-hybridized carbons (Fsp3) is 0.778. The predicted molar refractivity (Wildman–Crippen MR) is 101 cm³/mol. The van der Waals surface area contributed by atoms with E-state index in [1.54, 1.807) is 0 Å². The molecule has 1 aliphatic carbocycles. The molecule has 26 heavy (non-hydrogen) atoms. The zero-order valence-electron chi connectivity index (χ0n) is 15.3. The number of unbranched alkanes of at least 4 members (excludes halogenated alkanes) is 7.